The summed E-state index contributed by atoms with van der Waals surface area (Å²) < 4.78 is 6.39. The van der Waals surface area contributed by atoms with E-state index in [0.29, 0.717) is 0 Å². The molecule has 1 heterocycles. The van der Waals surface area contributed by atoms with E-state index in [1.54, 1.807) is 0 Å². The van der Waals surface area contributed by atoms with Gasteiger partial charge in [-0.25, -0.2) is 0 Å². The Hall–Kier alpha value is -0.660. The van der Waals surface area contributed by atoms with Gasteiger partial charge >= 0.3 is 0 Å². The van der Waals surface area contributed by atoms with Crippen LogP contribution in [0, 0.1) is 10.7 Å². The average Bonchev–Trinajstić information content (AvgIpc) is 2.58. The van der Waals surface area contributed by atoms with Gasteiger partial charge in [0.15, 0.2) is 0 Å². The van der Waals surface area contributed by atoms with Crippen LogP contribution < -0.4 is 4.74 Å². The number of hydrogen-bond acceptors (Lipinski definition) is 3. The maximum absolute atomic E-state index is 8.61. The summed E-state index contributed by atoms with van der Waals surface area (Å²) in [6.07, 6.45) is 0.946. The summed E-state index contributed by atoms with van der Waals surface area (Å²) in [5, 5.41) is 10.7. The first-order chi connectivity index (χ1) is 6.33. The normalized spacial score (nSPS) is 13.2. The van der Waals surface area contributed by atoms with E-state index >= 15 is 0 Å². The Balaban J connectivity index is 2.53. The lowest BCUT2D eigenvalue weighted by atomic mass is 10.2. The minimum Gasteiger partial charge on any atom is -0.492 e. The summed E-state index contributed by atoms with van der Waals surface area (Å²) in [6.45, 7) is 0.727. The number of rotatable bonds is 1. The zero-order valence-electron chi connectivity index (χ0n) is 6.71. The fraction of sp³-hybridized carbons (Fsp3) is 0.222. The highest BCUT2D eigenvalue weighted by Gasteiger charge is 2.18. The molecule has 0 amide bonds. The number of thioether (sulfide) groups is 1. The van der Waals surface area contributed by atoms with E-state index in [0.717, 1.165) is 39.9 Å². The number of ether oxygens (including phenoxy) is 1. The van der Waals surface area contributed by atoms with E-state index in [2.05, 4.69) is 21.3 Å². The van der Waals surface area contributed by atoms with E-state index in [1.807, 2.05) is 12.1 Å². The molecular formula is C9H6BrNOS. The average molecular weight is 256 g/mol. The molecule has 0 aliphatic carbocycles. The maximum Gasteiger partial charge on any atom is 0.138 e. The van der Waals surface area contributed by atoms with Gasteiger partial charge in [-0.1, -0.05) is 6.07 Å². The van der Waals surface area contributed by atoms with E-state index in [1.165, 1.54) is 5.56 Å². The molecule has 1 aromatic carbocycles. The first kappa shape index (κ1) is 8.92. The van der Waals surface area contributed by atoms with Crippen LogP contribution in [-0.2, 0) is 6.42 Å². The molecule has 0 bridgehead atoms. The summed E-state index contributed by atoms with van der Waals surface area (Å²) in [5.74, 6) is 0.876. The summed E-state index contributed by atoms with van der Waals surface area (Å²) in [5.41, 5.74) is 1.20. The van der Waals surface area contributed by atoms with Crippen LogP contribution in [0.15, 0.2) is 21.5 Å². The molecule has 0 radical (unpaired) electrons. The smallest absolute Gasteiger partial charge is 0.138 e. The molecule has 2 rings (SSSR count). The van der Waals surface area contributed by atoms with Gasteiger partial charge in [0.1, 0.15) is 11.2 Å². The van der Waals surface area contributed by atoms with Gasteiger partial charge in [-0.3, -0.25) is 0 Å². The zero-order valence-corrected chi connectivity index (χ0v) is 9.11. The van der Waals surface area contributed by atoms with Gasteiger partial charge in [0.05, 0.1) is 11.5 Å². The summed E-state index contributed by atoms with van der Waals surface area (Å²) >= 11 is 4.54. The van der Waals surface area contributed by atoms with Gasteiger partial charge in [0.25, 0.3) is 0 Å². The van der Waals surface area contributed by atoms with Crippen LogP contribution in [0.5, 0.6) is 5.75 Å². The van der Waals surface area contributed by atoms with E-state index < -0.39 is 0 Å². The van der Waals surface area contributed by atoms with Gasteiger partial charge < -0.3 is 4.74 Å². The van der Waals surface area contributed by atoms with Crippen molar-refractivity contribution in [2.45, 2.75) is 11.3 Å². The standard InChI is InChI=1S/C9H6BrNOS/c10-7-2-1-6-3-4-12-8(6)9(7)13-5-11/h1-2H,3-4H2. The molecule has 0 N–H and O–H groups in total. The van der Waals surface area contributed by atoms with Gasteiger partial charge in [0.2, 0.25) is 0 Å². The van der Waals surface area contributed by atoms with Crippen molar-refractivity contribution in [3.05, 3.63) is 22.2 Å². The molecule has 1 aliphatic heterocycles. The molecule has 1 aromatic rings. The Morgan fingerprint density at radius 1 is 1.54 bits per heavy atom. The molecule has 0 unspecified atom stereocenters. The third-order valence-electron chi connectivity index (χ3n) is 1.91. The second-order valence-corrected chi connectivity index (χ2v) is 4.31. The lowest BCUT2D eigenvalue weighted by molar-refractivity contribution is 0.349. The van der Waals surface area contributed by atoms with Gasteiger partial charge in [-0.2, -0.15) is 5.26 Å². The summed E-state index contributed by atoms with van der Waals surface area (Å²) in [6, 6.07) is 4.00. The third kappa shape index (κ3) is 1.54. The van der Waals surface area contributed by atoms with Crippen LogP contribution in [-0.4, -0.2) is 6.61 Å². The third-order valence-corrected chi connectivity index (χ3v) is 3.54. The van der Waals surface area contributed by atoms with Gasteiger partial charge in [0, 0.05) is 10.9 Å². The van der Waals surface area contributed by atoms with Crippen LogP contribution in [0.2, 0.25) is 0 Å². The van der Waals surface area contributed by atoms with E-state index in [-0.39, 0.29) is 0 Å². The lowest BCUT2D eigenvalue weighted by Gasteiger charge is -2.05. The highest BCUT2D eigenvalue weighted by molar-refractivity contribution is 9.10. The van der Waals surface area contributed by atoms with Crippen molar-refractivity contribution in [3.63, 3.8) is 0 Å². The van der Waals surface area contributed by atoms with Crippen molar-refractivity contribution in [3.8, 4) is 11.2 Å². The molecule has 4 heteroatoms. The highest BCUT2D eigenvalue weighted by atomic mass is 79.9. The Morgan fingerprint density at radius 2 is 2.38 bits per heavy atom. The van der Waals surface area contributed by atoms with Crippen LogP contribution in [0.25, 0.3) is 0 Å². The number of hydrogen-bond donors (Lipinski definition) is 0. The lowest BCUT2D eigenvalue weighted by Crippen LogP contribution is -1.87. The van der Waals surface area contributed by atoms with E-state index in [4.69, 9.17) is 10.00 Å². The molecule has 0 saturated carbocycles. The van der Waals surface area contributed by atoms with Gasteiger partial charge in [-0.05, 0) is 39.3 Å². The molecule has 1 aliphatic rings. The molecule has 0 spiro atoms. The molecule has 0 atom stereocenters. The predicted molar refractivity (Wildman–Crippen MR) is 54.8 cm³/mol. The quantitative estimate of drug-likeness (QED) is 0.572. The monoisotopic (exact) mass is 255 g/mol. The number of nitrogens with zero attached hydrogens (tertiary/aromatic N) is 1. The number of halogens is 1. The molecule has 0 aromatic heterocycles. The Bertz CT molecular complexity index is 386. The van der Waals surface area contributed by atoms with Crippen molar-refractivity contribution in [1.82, 2.24) is 0 Å². The second kappa shape index (κ2) is 3.60. The molecule has 13 heavy (non-hydrogen) atoms. The van der Waals surface area contributed by atoms with Crippen molar-refractivity contribution < 1.29 is 4.74 Å². The van der Waals surface area contributed by atoms with Crippen molar-refractivity contribution >= 4 is 27.7 Å². The number of benzene rings is 1. The number of fused-ring (bicyclic) bond motifs is 1. The van der Waals surface area contributed by atoms with E-state index in [9.17, 15) is 0 Å². The summed E-state index contributed by atoms with van der Waals surface area (Å²) in [7, 11) is 0. The van der Waals surface area contributed by atoms with Crippen LogP contribution >= 0.6 is 27.7 Å². The molecule has 0 fully saturated rings. The second-order valence-electron chi connectivity index (χ2n) is 2.66. The van der Waals surface area contributed by atoms with Crippen molar-refractivity contribution in [2.75, 3.05) is 6.61 Å². The summed E-state index contributed by atoms with van der Waals surface area (Å²) in [4.78, 5) is 0.900. The minimum atomic E-state index is 0.727. The molecule has 66 valence electrons. The largest absolute Gasteiger partial charge is 0.492 e. The predicted octanol–water partition coefficient (Wildman–Crippen LogP) is 2.96. The first-order valence-electron chi connectivity index (χ1n) is 3.83. The fourth-order valence-electron chi connectivity index (χ4n) is 1.34. The van der Waals surface area contributed by atoms with Crippen LogP contribution in [0.1, 0.15) is 5.56 Å². The van der Waals surface area contributed by atoms with Crippen LogP contribution in [0.4, 0.5) is 0 Å². The number of nitriles is 1. The maximum atomic E-state index is 8.61. The topological polar surface area (TPSA) is 33.0 Å². The SMILES string of the molecule is N#CSc1c(Br)ccc2c1OCC2. The fourth-order valence-corrected chi connectivity index (χ4v) is 2.43. The van der Waals surface area contributed by atoms with Crippen LogP contribution in [0.3, 0.4) is 0 Å². The van der Waals surface area contributed by atoms with Gasteiger partial charge in [-0.15, -0.1) is 0 Å². The molecular weight excluding hydrogens is 250 g/mol. The Morgan fingerprint density at radius 3 is 3.15 bits per heavy atom. The van der Waals surface area contributed by atoms with Crippen molar-refractivity contribution in [1.29, 1.82) is 5.26 Å². The Kier molecular flexibility index (Phi) is 2.47. The highest BCUT2D eigenvalue weighted by Crippen LogP contribution is 2.40. The zero-order chi connectivity index (χ0) is 9.26. The van der Waals surface area contributed by atoms with Crippen molar-refractivity contribution in [2.24, 2.45) is 0 Å². The molecule has 2 nitrogen and oxygen atoms in total. The minimum absolute atomic E-state index is 0.727. The molecule has 0 saturated heterocycles. The Labute approximate surface area is 89.0 Å². The first-order valence-corrected chi connectivity index (χ1v) is 5.44. The number of thiocyanates is 1.